The lowest BCUT2D eigenvalue weighted by Gasteiger charge is -2.33. The molecule has 0 saturated carbocycles. The summed E-state index contributed by atoms with van der Waals surface area (Å²) in [4.78, 5) is 10.6. The molecule has 0 amide bonds. The Bertz CT molecular complexity index is 194. The zero-order valence-electron chi connectivity index (χ0n) is 9.12. The second kappa shape index (κ2) is 5.35. The van der Waals surface area contributed by atoms with Crippen molar-refractivity contribution < 1.29 is 9.90 Å². The third kappa shape index (κ3) is 3.29. The van der Waals surface area contributed by atoms with Gasteiger partial charge in [0, 0.05) is 12.5 Å². The summed E-state index contributed by atoms with van der Waals surface area (Å²) in [6.45, 7) is 5.40. The van der Waals surface area contributed by atoms with E-state index in [2.05, 4.69) is 19.2 Å². The molecule has 1 saturated heterocycles. The van der Waals surface area contributed by atoms with E-state index in [4.69, 9.17) is 5.11 Å². The van der Waals surface area contributed by atoms with Crippen LogP contribution in [0.5, 0.6) is 0 Å². The van der Waals surface area contributed by atoms with Gasteiger partial charge in [0.05, 0.1) is 0 Å². The molecule has 2 N–H and O–H groups in total. The summed E-state index contributed by atoms with van der Waals surface area (Å²) in [6.07, 6.45) is 3.55. The zero-order valence-corrected chi connectivity index (χ0v) is 9.12. The number of hydrogen-bond acceptors (Lipinski definition) is 2. The van der Waals surface area contributed by atoms with E-state index in [1.807, 2.05) is 0 Å². The predicted octanol–water partition coefficient (Wildman–Crippen LogP) is 1.88. The molecule has 0 aromatic carbocycles. The van der Waals surface area contributed by atoms with E-state index in [0.29, 0.717) is 24.3 Å². The molecule has 0 aromatic rings. The Labute approximate surface area is 85.9 Å². The van der Waals surface area contributed by atoms with Gasteiger partial charge >= 0.3 is 5.97 Å². The number of carboxylic acids is 1. The lowest BCUT2D eigenvalue weighted by molar-refractivity contribution is -0.138. The third-order valence-electron chi connectivity index (χ3n) is 3.34. The SMILES string of the molecule is CCC(C)C1CC(CC(=O)O)CCN1. The van der Waals surface area contributed by atoms with Gasteiger partial charge in [-0.1, -0.05) is 20.3 Å². The third-order valence-corrected chi connectivity index (χ3v) is 3.34. The quantitative estimate of drug-likeness (QED) is 0.726. The number of aliphatic carboxylic acids is 1. The molecule has 3 nitrogen and oxygen atoms in total. The van der Waals surface area contributed by atoms with Crippen LogP contribution in [0.15, 0.2) is 0 Å². The van der Waals surface area contributed by atoms with Crippen LogP contribution in [0.3, 0.4) is 0 Å². The standard InChI is InChI=1S/C11H21NO2/c1-3-8(2)10-6-9(4-5-12-10)7-11(13)14/h8-10,12H,3-7H2,1-2H3,(H,13,14). The minimum atomic E-state index is -0.653. The van der Waals surface area contributed by atoms with E-state index in [1.54, 1.807) is 0 Å². The number of carbonyl (C=O) groups is 1. The lowest BCUT2D eigenvalue weighted by Crippen LogP contribution is -2.42. The Kier molecular flexibility index (Phi) is 4.39. The van der Waals surface area contributed by atoms with Gasteiger partial charge in [-0.15, -0.1) is 0 Å². The van der Waals surface area contributed by atoms with Gasteiger partial charge in [0.25, 0.3) is 0 Å². The van der Waals surface area contributed by atoms with Crippen LogP contribution in [0.1, 0.15) is 39.5 Å². The normalized spacial score (nSPS) is 29.9. The molecular formula is C11H21NO2. The minimum Gasteiger partial charge on any atom is -0.481 e. The Morgan fingerprint density at radius 3 is 2.93 bits per heavy atom. The molecule has 3 heteroatoms. The van der Waals surface area contributed by atoms with Gasteiger partial charge in [-0.25, -0.2) is 0 Å². The smallest absolute Gasteiger partial charge is 0.303 e. The molecule has 0 aromatic heterocycles. The first kappa shape index (κ1) is 11.5. The Morgan fingerprint density at radius 1 is 1.64 bits per heavy atom. The first-order valence-corrected chi connectivity index (χ1v) is 5.58. The van der Waals surface area contributed by atoms with Crippen LogP contribution in [-0.2, 0) is 4.79 Å². The molecule has 0 bridgehead atoms. The lowest BCUT2D eigenvalue weighted by atomic mass is 9.84. The molecule has 82 valence electrons. The molecule has 0 aliphatic carbocycles. The number of rotatable bonds is 4. The highest BCUT2D eigenvalue weighted by molar-refractivity contribution is 5.67. The fourth-order valence-corrected chi connectivity index (χ4v) is 2.18. The number of carboxylic acid groups (broad SMARTS) is 1. The van der Waals surface area contributed by atoms with Crippen LogP contribution in [0.2, 0.25) is 0 Å². The van der Waals surface area contributed by atoms with Gasteiger partial charge in [-0.3, -0.25) is 4.79 Å². The van der Waals surface area contributed by atoms with Gasteiger partial charge in [0.15, 0.2) is 0 Å². The van der Waals surface area contributed by atoms with Crippen LogP contribution in [0.4, 0.5) is 0 Å². The highest BCUT2D eigenvalue weighted by Crippen LogP contribution is 2.24. The first-order valence-electron chi connectivity index (χ1n) is 5.58. The van der Waals surface area contributed by atoms with Crippen molar-refractivity contribution in [3.8, 4) is 0 Å². The van der Waals surface area contributed by atoms with E-state index in [-0.39, 0.29) is 0 Å². The summed E-state index contributed by atoms with van der Waals surface area (Å²) < 4.78 is 0. The average molecular weight is 199 g/mol. The van der Waals surface area contributed by atoms with Crippen molar-refractivity contribution in [2.24, 2.45) is 11.8 Å². The zero-order chi connectivity index (χ0) is 10.6. The van der Waals surface area contributed by atoms with Crippen molar-refractivity contribution in [1.82, 2.24) is 5.32 Å². The van der Waals surface area contributed by atoms with Crippen LogP contribution in [0.25, 0.3) is 0 Å². The molecule has 1 aliphatic heterocycles. The highest BCUT2D eigenvalue weighted by atomic mass is 16.4. The summed E-state index contributed by atoms with van der Waals surface area (Å²) in [5.74, 6) is 0.388. The van der Waals surface area contributed by atoms with E-state index in [0.717, 1.165) is 25.8 Å². The first-order chi connectivity index (χ1) is 6.63. The number of nitrogens with one attached hydrogen (secondary N) is 1. The summed E-state index contributed by atoms with van der Waals surface area (Å²) >= 11 is 0. The maximum absolute atomic E-state index is 10.6. The topological polar surface area (TPSA) is 49.3 Å². The fraction of sp³-hybridized carbons (Fsp3) is 0.909. The van der Waals surface area contributed by atoms with Crippen LogP contribution in [0, 0.1) is 11.8 Å². The molecule has 0 spiro atoms. The summed E-state index contributed by atoms with van der Waals surface area (Å²) in [7, 11) is 0. The maximum Gasteiger partial charge on any atom is 0.303 e. The molecule has 3 atom stereocenters. The summed E-state index contributed by atoms with van der Waals surface area (Å²) in [6, 6.07) is 0.526. The predicted molar refractivity (Wildman–Crippen MR) is 56.2 cm³/mol. The van der Waals surface area contributed by atoms with Crippen molar-refractivity contribution in [3.63, 3.8) is 0 Å². The number of hydrogen-bond donors (Lipinski definition) is 2. The second-order valence-corrected chi connectivity index (χ2v) is 4.43. The van der Waals surface area contributed by atoms with Crippen molar-refractivity contribution in [3.05, 3.63) is 0 Å². The van der Waals surface area contributed by atoms with Gasteiger partial charge < -0.3 is 10.4 Å². The molecular weight excluding hydrogens is 178 g/mol. The van der Waals surface area contributed by atoms with Crippen molar-refractivity contribution in [2.45, 2.75) is 45.6 Å². The summed E-state index contributed by atoms with van der Waals surface area (Å²) in [5, 5.41) is 12.2. The second-order valence-electron chi connectivity index (χ2n) is 4.43. The van der Waals surface area contributed by atoms with Crippen molar-refractivity contribution >= 4 is 5.97 Å². The highest BCUT2D eigenvalue weighted by Gasteiger charge is 2.25. The van der Waals surface area contributed by atoms with Crippen LogP contribution < -0.4 is 5.32 Å². The number of piperidine rings is 1. The Hall–Kier alpha value is -0.570. The molecule has 0 radical (unpaired) electrons. The van der Waals surface area contributed by atoms with E-state index >= 15 is 0 Å². The van der Waals surface area contributed by atoms with Crippen LogP contribution in [-0.4, -0.2) is 23.7 Å². The minimum absolute atomic E-state index is 0.342. The Balaban J connectivity index is 2.39. The van der Waals surface area contributed by atoms with Crippen molar-refractivity contribution in [1.29, 1.82) is 0 Å². The van der Waals surface area contributed by atoms with Gasteiger partial charge in [0.1, 0.15) is 0 Å². The summed E-state index contributed by atoms with van der Waals surface area (Å²) in [5.41, 5.74) is 0. The molecule has 1 heterocycles. The van der Waals surface area contributed by atoms with Crippen molar-refractivity contribution in [2.75, 3.05) is 6.54 Å². The maximum atomic E-state index is 10.6. The molecule has 1 rings (SSSR count). The Morgan fingerprint density at radius 2 is 2.36 bits per heavy atom. The molecule has 3 unspecified atom stereocenters. The fourth-order valence-electron chi connectivity index (χ4n) is 2.18. The van der Waals surface area contributed by atoms with Gasteiger partial charge in [-0.2, -0.15) is 0 Å². The van der Waals surface area contributed by atoms with Gasteiger partial charge in [-0.05, 0) is 31.2 Å². The molecule has 1 fully saturated rings. The van der Waals surface area contributed by atoms with E-state index in [9.17, 15) is 4.79 Å². The average Bonchev–Trinajstić information content (AvgIpc) is 2.16. The van der Waals surface area contributed by atoms with E-state index in [1.165, 1.54) is 0 Å². The molecule has 1 aliphatic rings. The van der Waals surface area contributed by atoms with E-state index < -0.39 is 5.97 Å². The largest absolute Gasteiger partial charge is 0.481 e. The van der Waals surface area contributed by atoms with Gasteiger partial charge in [0.2, 0.25) is 0 Å². The molecule has 14 heavy (non-hydrogen) atoms. The van der Waals surface area contributed by atoms with Crippen LogP contribution >= 0.6 is 0 Å². The monoisotopic (exact) mass is 199 g/mol.